The molecule has 0 radical (unpaired) electrons. The van der Waals surface area contributed by atoms with E-state index in [0.717, 1.165) is 50.9 Å². The zero-order valence-corrected chi connectivity index (χ0v) is 19.7. The minimum atomic E-state index is -0.0595. The molecule has 0 aromatic rings. The second-order valence-electron chi connectivity index (χ2n) is 7.44. The highest BCUT2D eigenvalue weighted by Crippen LogP contribution is 2.21. The number of carbonyl (C=O) groups excluding carboxylic acids is 1. The number of esters is 1. The van der Waals surface area contributed by atoms with E-state index in [4.69, 9.17) is 9.73 Å². The van der Waals surface area contributed by atoms with Crippen molar-refractivity contribution < 1.29 is 9.53 Å². The molecule has 6 nitrogen and oxygen atoms in total. The average Bonchev–Trinajstić information content (AvgIpc) is 2.68. The Hall–Kier alpha value is -0.570. The smallest absolute Gasteiger partial charge is 0.310 e. The third-order valence-electron chi connectivity index (χ3n) is 5.63. The number of rotatable bonds is 7. The Balaban J connectivity index is 0.00000364. The van der Waals surface area contributed by atoms with Gasteiger partial charge in [-0.3, -0.25) is 9.79 Å². The Morgan fingerprint density at radius 1 is 1.15 bits per heavy atom. The van der Waals surface area contributed by atoms with Crippen LogP contribution >= 0.6 is 24.0 Å². The van der Waals surface area contributed by atoms with Crippen molar-refractivity contribution in [3.05, 3.63) is 0 Å². The van der Waals surface area contributed by atoms with E-state index in [-0.39, 0.29) is 35.9 Å². The molecule has 2 aliphatic heterocycles. The van der Waals surface area contributed by atoms with Gasteiger partial charge in [0, 0.05) is 26.2 Å². The summed E-state index contributed by atoms with van der Waals surface area (Å²) < 4.78 is 5.22. The van der Waals surface area contributed by atoms with Crippen molar-refractivity contribution >= 4 is 35.9 Å². The molecule has 0 aromatic heterocycles. The maximum atomic E-state index is 12.1. The number of guanidine groups is 1. The van der Waals surface area contributed by atoms with Crippen molar-refractivity contribution in [2.75, 3.05) is 52.4 Å². The van der Waals surface area contributed by atoms with Crippen LogP contribution in [0.4, 0.5) is 0 Å². The molecule has 2 heterocycles. The van der Waals surface area contributed by atoms with Crippen LogP contribution in [0.5, 0.6) is 0 Å². The third-order valence-corrected chi connectivity index (χ3v) is 5.63. The van der Waals surface area contributed by atoms with Crippen LogP contribution in [0.1, 0.15) is 52.9 Å². The molecule has 0 spiro atoms. The summed E-state index contributed by atoms with van der Waals surface area (Å²) in [6.07, 6.45) is 5.71. The van der Waals surface area contributed by atoms with Gasteiger partial charge in [-0.1, -0.05) is 6.92 Å². The highest BCUT2D eigenvalue weighted by Gasteiger charge is 2.28. The maximum Gasteiger partial charge on any atom is 0.310 e. The van der Waals surface area contributed by atoms with E-state index in [9.17, 15) is 4.79 Å². The van der Waals surface area contributed by atoms with Gasteiger partial charge in [0.2, 0.25) is 0 Å². The first-order valence-electron chi connectivity index (χ1n) is 10.6. The lowest BCUT2D eigenvalue weighted by molar-refractivity contribution is -0.149. The fourth-order valence-electron chi connectivity index (χ4n) is 3.99. The van der Waals surface area contributed by atoms with Crippen LogP contribution in [-0.4, -0.2) is 74.1 Å². The van der Waals surface area contributed by atoms with Gasteiger partial charge in [-0.05, 0) is 71.5 Å². The van der Waals surface area contributed by atoms with Crippen molar-refractivity contribution in [3.8, 4) is 0 Å². The molecule has 0 bridgehead atoms. The number of carbonyl (C=O) groups is 1. The van der Waals surface area contributed by atoms with Crippen LogP contribution in [0.2, 0.25) is 0 Å². The van der Waals surface area contributed by atoms with Gasteiger partial charge in [-0.25, -0.2) is 0 Å². The summed E-state index contributed by atoms with van der Waals surface area (Å²) >= 11 is 0. The van der Waals surface area contributed by atoms with Crippen LogP contribution in [0.3, 0.4) is 0 Å². The highest BCUT2D eigenvalue weighted by molar-refractivity contribution is 14.0. The molecule has 2 saturated heterocycles. The Labute approximate surface area is 182 Å². The molecule has 7 heteroatoms. The summed E-state index contributed by atoms with van der Waals surface area (Å²) in [5.41, 5.74) is 0. The molecule has 1 unspecified atom stereocenters. The molecule has 0 aliphatic carbocycles. The van der Waals surface area contributed by atoms with Crippen molar-refractivity contribution in [1.29, 1.82) is 0 Å². The first-order chi connectivity index (χ1) is 12.7. The fraction of sp³-hybridized carbons (Fsp3) is 0.900. The van der Waals surface area contributed by atoms with Gasteiger partial charge < -0.3 is 19.9 Å². The Morgan fingerprint density at radius 2 is 1.89 bits per heavy atom. The number of hydrogen-bond donors (Lipinski definition) is 1. The van der Waals surface area contributed by atoms with Crippen LogP contribution in [0, 0.1) is 11.8 Å². The number of aliphatic imine (C=N–C) groups is 1. The predicted octanol–water partition coefficient (Wildman–Crippen LogP) is 2.97. The Bertz CT molecular complexity index is 453. The monoisotopic (exact) mass is 494 g/mol. The molecule has 2 rings (SSSR count). The van der Waals surface area contributed by atoms with Gasteiger partial charge in [0.25, 0.3) is 0 Å². The Morgan fingerprint density at radius 3 is 2.52 bits per heavy atom. The van der Waals surface area contributed by atoms with Crippen LogP contribution in [0.25, 0.3) is 0 Å². The van der Waals surface area contributed by atoms with Gasteiger partial charge in [0.05, 0.1) is 12.5 Å². The third kappa shape index (κ3) is 8.13. The quantitative estimate of drug-likeness (QED) is 0.255. The average molecular weight is 494 g/mol. The molecule has 2 fully saturated rings. The number of likely N-dealkylation sites (tertiary alicyclic amines) is 2. The molecule has 0 saturated carbocycles. The van der Waals surface area contributed by atoms with Gasteiger partial charge in [0.1, 0.15) is 0 Å². The molecule has 2 aliphatic rings. The van der Waals surface area contributed by atoms with Crippen molar-refractivity contribution in [1.82, 2.24) is 15.1 Å². The second-order valence-corrected chi connectivity index (χ2v) is 7.44. The first kappa shape index (κ1) is 24.5. The lowest BCUT2D eigenvalue weighted by Crippen LogP contribution is -2.48. The maximum absolute atomic E-state index is 12.1. The molecule has 1 atom stereocenters. The van der Waals surface area contributed by atoms with Crippen LogP contribution in [-0.2, 0) is 9.53 Å². The number of piperidine rings is 2. The molecule has 1 N–H and O–H groups in total. The van der Waals surface area contributed by atoms with Gasteiger partial charge in [-0.15, -0.1) is 24.0 Å². The normalized spacial score (nSPS) is 22.3. The van der Waals surface area contributed by atoms with Crippen molar-refractivity contribution in [2.45, 2.75) is 52.9 Å². The summed E-state index contributed by atoms with van der Waals surface area (Å²) in [4.78, 5) is 21.7. The summed E-state index contributed by atoms with van der Waals surface area (Å²) in [6.45, 7) is 13.7. The van der Waals surface area contributed by atoms with Crippen molar-refractivity contribution in [2.24, 2.45) is 16.8 Å². The number of hydrogen-bond acceptors (Lipinski definition) is 4. The number of halogens is 1. The second kappa shape index (κ2) is 13.6. The topological polar surface area (TPSA) is 57.2 Å². The van der Waals surface area contributed by atoms with Gasteiger partial charge >= 0.3 is 5.97 Å². The van der Waals surface area contributed by atoms with E-state index in [2.05, 4.69) is 29.0 Å². The molecule has 27 heavy (non-hydrogen) atoms. The van der Waals surface area contributed by atoms with Gasteiger partial charge in [-0.2, -0.15) is 0 Å². The largest absolute Gasteiger partial charge is 0.466 e. The summed E-state index contributed by atoms with van der Waals surface area (Å²) in [5, 5.41) is 3.41. The first-order valence-corrected chi connectivity index (χ1v) is 10.6. The van der Waals surface area contributed by atoms with E-state index >= 15 is 0 Å². The van der Waals surface area contributed by atoms with Crippen LogP contribution in [0.15, 0.2) is 4.99 Å². The summed E-state index contributed by atoms with van der Waals surface area (Å²) in [6, 6.07) is 0. The molecule has 158 valence electrons. The van der Waals surface area contributed by atoms with E-state index in [1.54, 1.807) is 0 Å². The minimum absolute atomic E-state index is 0. The van der Waals surface area contributed by atoms with Crippen LogP contribution < -0.4 is 5.32 Å². The zero-order chi connectivity index (χ0) is 18.8. The summed E-state index contributed by atoms with van der Waals surface area (Å²) in [5.74, 6) is 1.69. The summed E-state index contributed by atoms with van der Waals surface area (Å²) in [7, 11) is 0. The number of nitrogens with one attached hydrogen (secondary N) is 1. The molecule has 0 amide bonds. The molecule has 0 aromatic carbocycles. The lowest BCUT2D eigenvalue weighted by Gasteiger charge is -2.34. The van der Waals surface area contributed by atoms with E-state index in [1.165, 1.54) is 38.9 Å². The SMILES string of the molecule is CCNC(=NCCC1CCN(CC)CC1)N1CCCC(C(=O)OCC)C1.I. The highest BCUT2D eigenvalue weighted by atomic mass is 127. The fourth-order valence-corrected chi connectivity index (χ4v) is 3.99. The van der Waals surface area contributed by atoms with E-state index in [1.807, 2.05) is 6.92 Å². The number of nitrogens with zero attached hydrogens (tertiary/aromatic N) is 3. The van der Waals surface area contributed by atoms with Gasteiger partial charge in [0.15, 0.2) is 5.96 Å². The predicted molar refractivity (Wildman–Crippen MR) is 122 cm³/mol. The molecular formula is C20H39IN4O2. The zero-order valence-electron chi connectivity index (χ0n) is 17.4. The minimum Gasteiger partial charge on any atom is -0.466 e. The Kier molecular flexibility index (Phi) is 12.3. The van der Waals surface area contributed by atoms with Crippen molar-refractivity contribution in [3.63, 3.8) is 0 Å². The standard InChI is InChI=1S/C20H38N4O2.HI/c1-4-21-20(22-12-9-17-10-14-23(5-2)15-11-17)24-13-7-8-18(16-24)19(25)26-6-3;/h17-18H,4-16H2,1-3H3,(H,21,22);1H. The molecular weight excluding hydrogens is 455 g/mol. The number of ether oxygens (including phenoxy) is 1. The van der Waals surface area contributed by atoms with E-state index in [0.29, 0.717) is 6.61 Å². The van der Waals surface area contributed by atoms with E-state index < -0.39 is 0 Å². The lowest BCUT2D eigenvalue weighted by atomic mass is 9.94.